The summed E-state index contributed by atoms with van der Waals surface area (Å²) in [6, 6.07) is 15.7. The Labute approximate surface area is 154 Å². The monoisotopic (exact) mass is 370 g/mol. The van der Waals surface area contributed by atoms with Crippen molar-refractivity contribution in [3.63, 3.8) is 0 Å². The molecule has 0 spiro atoms. The predicted molar refractivity (Wildman–Crippen MR) is 98.1 cm³/mol. The molecule has 1 fully saturated rings. The molecule has 2 atom stereocenters. The molecule has 6 heteroatoms. The Bertz CT molecular complexity index is 906. The van der Waals surface area contributed by atoms with Gasteiger partial charge in [-0.1, -0.05) is 47.6 Å². The maximum Gasteiger partial charge on any atom is 0.307 e. The summed E-state index contributed by atoms with van der Waals surface area (Å²) < 4.78 is 0. The number of nitrogens with one attached hydrogen (secondary N) is 1. The molecular formula is C19H15ClN2O2S. The number of benzene rings is 2. The lowest BCUT2D eigenvalue weighted by molar-refractivity contribution is -0.138. The molecule has 4 rings (SSSR count). The van der Waals surface area contributed by atoms with Gasteiger partial charge in [-0.15, -0.1) is 0 Å². The van der Waals surface area contributed by atoms with Gasteiger partial charge >= 0.3 is 5.97 Å². The van der Waals surface area contributed by atoms with Gasteiger partial charge in [-0.3, -0.25) is 4.79 Å². The Morgan fingerprint density at radius 2 is 1.88 bits per heavy atom. The third kappa shape index (κ3) is 3.43. The van der Waals surface area contributed by atoms with E-state index in [0.717, 1.165) is 33.2 Å². The van der Waals surface area contributed by atoms with E-state index >= 15 is 0 Å². The quantitative estimate of drug-likeness (QED) is 0.658. The first-order valence-electron chi connectivity index (χ1n) is 7.92. The fraction of sp³-hybridized carbons (Fsp3) is 0.158. The summed E-state index contributed by atoms with van der Waals surface area (Å²) in [6.07, 6.45) is 2.42. The summed E-state index contributed by atoms with van der Waals surface area (Å²) in [4.78, 5) is 19.7. The summed E-state index contributed by atoms with van der Waals surface area (Å²) in [6.45, 7) is 0. The van der Waals surface area contributed by atoms with E-state index in [0.29, 0.717) is 5.02 Å². The summed E-state index contributed by atoms with van der Waals surface area (Å²) >= 11 is 7.50. The molecule has 1 heterocycles. The average molecular weight is 371 g/mol. The summed E-state index contributed by atoms with van der Waals surface area (Å²) in [5, 5.41) is 10.7. The van der Waals surface area contributed by atoms with Crippen LogP contribution in [0.4, 0.5) is 0 Å². The lowest BCUT2D eigenvalue weighted by Gasteiger charge is -2.05. The van der Waals surface area contributed by atoms with Crippen LogP contribution in [-0.4, -0.2) is 21.0 Å². The van der Waals surface area contributed by atoms with Gasteiger partial charge in [0.15, 0.2) is 0 Å². The standard InChI is InChI=1S/C19H15ClN2O2S/c20-13-5-7-14(8-6-13)25-18-17(21-10-22-18)12-3-1-11(2-4-12)15-9-16(15)19(23)24/h1-8,10,15-16H,9H2,(H,21,22)(H,23,24)/t15-,16+/m1/s1. The number of aliphatic carboxylic acids is 1. The van der Waals surface area contributed by atoms with Gasteiger partial charge in [-0.2, -0.15) is 0 Å². The molecule has 3 aromatic rings. The van der Waals surface area contributed by atoms with Crippen LogP contribution in [0.15, 0.2) is 64.8 Å². The number of rotatable bonds is 5. The molecule has 4 nitrogen and oxygen atoms in total. The Kier molecular flexibility index (Phi) is 4.27. The van der Waals surface area contributed by atoms with Crippen molar-refractivity contribution in [2.24, 2.45) is 5.92 Å². The van der Waals surface area contributed by atoms with E-state index in [4.69, 9.17) is 16.7 Å². The van der Waals surface area contributed by atoms with Gasteiger partial charge in [0, 0.05) is 15.5 Å². The SMILES string of the molecule is O=C(O)[C@H]1C[C@@H]1c1ccc(-c2[nH]cnc2Sc2ccc(Cl)cc2)cc1. The Morgan fingerprint density at radius 1 is 1.16 bits per heavy atom. The van der Waals surface area contributed by atoms with E-state index in [2.05, 4.69) is 9.97 Å². The molecule has 1 saturated carbocycles. The van der Waals surface area contributed by atoms with Crippen molar-refractivity contribution < 1.29 is 9.90 Å². The van der Waals surface area contributed by atoms with E-state index in [-0.39, 0.29) is 11.8 Å². The molecule has 0 saturated heterocycles. The van der Waals surface area contributed by atoms with Crippen molar-refractivity contribution in [2.45, 2.75) is 22.3 Å². The lowest BCUT2D eigenvalue weighted by Crippen LogP contribution is -1.98. The van der Waals surface area contributed by atoms with Crippen molar-refractivity contribution >= 4 is 29.3 Å². The molecule has 1 aliphatic rings. The number of aromatic amines is 1. The summed E-state index contributed by atoms with van der Waals surface area (Å²) in [5.41, 5.74) is 3.07. The van der Waals surface area contributed by atoms with E-state index in [1.807, 2.05) is 48.5 Å². The van der Waals surface area contributed by atoms with Crippen LogP contribution in [0.3, 0.4) is 0 Å². The number of aromatic nitrogens is 2. The molecule has 1 aliphatic carbocycles. The van der Waals surface area contributed by atoms with E-state index < -0.39 is 5.97 Å². The van der Waals surface area contributed by atoms with Gasteiger partial charge in [0.05, 0.1) is 17.9 Å². The lowest BCUT2D eigenvalue weighted by atomic mass is 10.1. The van der Waals surface area contributed by atoms with Crippen molar-refractivity contribution in [2.75, 3.05) is 0 Å². The molecule has 1 aromatic heterocycles. The van der Waals surface area contributed by atoms with Crippen LogP contribution >= 0.6 is 23.4 Å². The van der Waals surface area contributed by atoms with Crippen molar-refractivity contribution in [3.8, 4) is 11.3 Å². The highest BCUT2D eigenvalue weighted by atomic mass is 35.5. The predicted octanol–water partition coefficient (Wildman–Crippen LogP) is 5.07. The fourth-order valence-electron chi connectivity index (χ4n) is 2.91. The molecular weight excluding hydrogens is 356 g/mol. The number of carbonyl (C=O) groups is 1. The van der Waals surface area contributed by atoms with Crippen LogP contribution in [0.5, 0.6) is 0 Å². The molecule has 0 amide bonds. The summed E-state index contributed by atoms with van der Waals surface area (Å²) in [7, 11) is 0. The van der Waals surface area contributed by atoms with Gasteiger partial charge in [-0.05, 0) is 42.2 Å². The number of carboxylic acid groups (broad SMARTS) is 1. The molecule has 0 radical (unpaired) electrons. The third-order valence-corrected chi connectivity index (χ3v) is 5.63. The van der Waals surface area contributed by atoms with E-state index in [1.54, 1.807) is 18.1 Å². The Hall–Kier alpha value is -2.24. The second-order valence-electron chi connectivity index (χ2n) is 6.05. The number of hydrogen-bond acceptors (Lipinski definition) is 3. The minimum absolute atomic E-state index is 0.149. The zero-order valence-corrected chi connectivity index (χ0v) is 14.7. The number of imidazole rings is 1. The van der Waals surface area contributed by atoms with Gasteiger partial charge in [-0.25, -0.2) is 4.98 Å². The highest BCUT2D eigenvalue weighted by Gasteiger charge is 2.44. The van der Waals surface area contributed by atoms with E-state index in [1.165, 1.54) is 0 Å². The Morgan fingerprint density at radius 3 is 2.52 bits per heavy atom. The number of H-pyrrole nitrogens is 1. The minimum Gasteiger partial charge on any atom is -0.481 e. The first-order chi connectivity index (χ1) is 12.1. The van der Waals surface area contributed by atoms with Gasteiger partial charge in [0.1, 0.15) is 5.03 Å². The first-order valence-corrected chi connectivity index (χ1v) is 9.11. The van der Waals surface area contributed by atoms with Crippen LogP contribution in [0.25, 0.3) is 11.3 Å². The second kappa shape index (κ2) is 6.58. The van der Waals surface area contributed by atoms with Crippen LogP contribution in [-0.2, 0) is 4.79 Å². The third-order valence-electron chi connectivity index (χ3n) is 4.37. The highest BCUT2D eigenvalue weighted by Crippen LogP contribution is 2.47. The zero-order chi connectivity index (χ0) is 17.4. The van der Waals surface area contributed by atoms with Gasteiger partial charge in [0.25, 0.3) is 0 Å². The molecule has 25 heavy (non-hydrogen) atoms. The molecule has 0 aliphatic heterocycles. The largest absolute Gasteiger partial charge is 0.481 e. The molecule has 126 valence electrons. The van der Waals surface area contributed by atoms with E-state index in [9.17, 15) is 4.79 Å². The Balaban J connectivity index is 1.54. The zero-order valence-electron chi connectivity index (χ0n) is 13.1. The van der Waals surface area contributed by atoms with Gasteiger partial charge in [0.2, 0.25) is 0 Å². The maximum absolute atomic E-state index is 11.0. The van der Waals surface area contributed by atoms with Crippen molar-refractivity contribution in [1.29, 1.82) is 0 Å². The maximum atomic E-state index is 11.0. The molecule has 0 unspecified atom stereocenters. The first kappa shape index (κ1) is 16.2. The number of halogens is 1. The molecule has 2 N–H and O–H groups in total. The minimum atomic E-state index is -0.704. The number of carboxylic acids is 1. The van der Waals surface area contributed by atoms with Crippen LogP contribution in [0.1, 0.15) is 17.9 Å². The van der Waals surface area contributed by atoms with Gasteiger partial charge < -0.3 is 10.1 Å². The normalized spacial score (nSPS) is 18.9. The highest BCUT2D eigenvalue weighted by molar-refractivity contribution is 7.99. The molecule has 2 aromatic carbocycles. The molecule has 0 bridgehead atoms. The summed E-state index contributed by atoms with van der Waals surface area (Å²) in [5.74, 6) is -0.783. The number of hydrogen-bond donors (Lipinski definition) is 2. The van der Waals surface area contributed by atoms with Crippen LogP contribution < -0.4 is 0 Å². The average Bonchev–Trinajstić information content (AvgIpc) is 3.30. The smallest absolute Gasteiger partial charge is 0.307 e. The van der Waals surface area contributed by atoms with Crippen LogP contribution in [0, 0.1) is 5.92 Å². The number of nitrogens with zero attached hydrogens (tertiary/aromatic N) is 1. The fourth-order valence-corrected chi connectivity index (χ4v) is 3.92. The van der Waals surface area contributed by atoms with Crippen molar-refractivity contribution in [3.05, 3.63) is 65.4 Å². The topological polar surface area (TPSA) is 66.0 Å². The van der Waals surface area contributed by atoms with Crippen molar-refractivity contribution in [1.82, 2.24) is 9.97 Å². The second-order valence-corrected chi connectivity index (χ2v) is 7.55. The van der Waals surface area contributed by atoms with Crippen LogP contribution in [0.2, 0.25) is 5.02 Å².